The van der Waals surface area contributed by atoms with Crippen LogP contribution >= 0.6 is 0 Å². The second kappa shape index (κ2) is 3.66. The van der Waals surface area contributed by atoms with Gasteiger partial charge in [-0.05, 0) is 30.7 Å². The lowest BCUT2D eigenvalue weighted by atomic mass is 9.75. The Morgan fingerprint density at radius 1 is 1.38 bits per heavy atom. The lowest BCUT2D eigenvalue weighted by Gasteiger charge is -2.36. The summed E-state index contributed by atoms with van der Waals surface area (Å²) in [4.78, 5) is 10.6. The van der Waals surface area contributed by atoms with Gasteiger partial charge in [-0.1, -0.05) is 20.8 Å². The van der Waals surface area contributed by atoms with Crippen LogP contribution in [-0.4, -0.2) is 23.7 Å². The molecule has 1 aliphatic heterocycles. The number of hydrogen-bond donors (Lipinski definition) is 2. The lowest BCUT2D eigenvalue weighted by Crippen LogP contribution is -2.46. The number of carboxylic acids is 1. The van der Waals surface area contributed by atoms with E-state index in [1.165, 1.54) is 0 Å². The lowest BCUT2D eigenvalue weighted by molar-refractivity contribution is -0.140. The van der Waals surface area contributed by atoms with E-state index in [4.69, 9.17) is 5.11 Å². The number of carboxylic acid groups (broad SMARTS) is 1. The van der Waals surface area contributed by atoms with E-state index in [1.54, 1.807) is 0 Å². The summed E-state index contributed by atoms with van der Waals surface area (Å²) >= 11 is 0. The molecular weight excluding hydrogens is 166 g/mol. The average molecular weight is 185 g/mol. The van der Waals surface area contributed by atoms with Crippen molar-refractivity contribution in [1.29, 1.82) is 0 Å². The zero-order valence-electron chi connectivity index (χ0n) is 8.63. The molecular formula is C10H19NO2. The number of nitrogens with one attached hydrogen (secondary N) is 1. The van der Waals surface area contributed by atoms with E-state index >= 15 is 0 Å². The van der Waals surface area contributed by atoms with Crippen molar-refractivity contribution in [2.45, 2.75) is 39.7 Å². The minimum Gasteiger partial charge on any atom is -0.480 e. The normalized spacial score (nSPS) is 30.1. The number of hydrogen-bond acceptors (Lipinski definition) is 2. The minimum atomic E-state index is -0.715. The second-order valence-electron chi connectivity index (χ2n) is 4.94. The monoisotopic (exact) mass is 185 g/mol. The van der Waals surface area contributed by atoms with Crippen molar-refractivity contribution in [2.75, 3.05) is 6.54 Å². The van der Waals surface area contributed by atoms with Crippen molar-refractivity contribution in [3.8, 4) is 0 Å². The summed E-state index contributed by atoms with van der Waals surface area (Å²) in [6, 6.07) is -0.321. The highest BCUT2D eigenvalue weighted by Gasteiger charge is 2.31. The van der Waals surface area contributed by atoms with E-state index in [9.17, 15) is 4.79 Å². The summed E-state index contributed by atoms with van der Waals surface area (Å²) in [5.74, 6) is -0.115. The van der Waals surface area contributed by atoms with E-state index in [0.29, 0.717) is 5.92 Å². The van der Waals surface area contributed by atoms with Gasteiger partial charge >= 0.3 is 5.97 Å². The molecule has 0 aromatic carbocycles. The number of rotatable bonds is 1. The first kappa shape index (κ1) is 10.5. The molecule has 3 heteroatoms. The molecule has 0 bridgehead atoms. The van der Waals surface area contributed by atoms with Gasteiger partial charge < -0.3 is 10.4 Å². The van der Waals surface area contributed by atoms with Crippen LogP contribution in [0.1, 0.15) is 33.6 Å². The van der Waals surface area contributed by atoms with Gasteiger partial charge in [-0.3, -0.25) is 4.79 Å². The molecule has 0 aliphatic carbocycles. The van der Waals surface area contributed by atoms with E-state index in [2.05, 4.69) is 26.1 Å². The Bertz CT molecular complexity index is 188. The van der Waals surface area contributed by atoms with E-state index in [0.717, 1.165) is 19.4 Å². The van der Waals surface area contributed by atoms with Crippen LogP contribution in [0.15, 0.2) is 0 Å². The summed E-state index contributed by atoms with van der Waals surface area (Å²) in [5, 5.41) is 11.8. The standard InChI is InChI=1S/C10H19NO2/c1-10(2,3)7-4-5-8(9(12)13)11-6-7/h7-8,11H,4-6H2,1-3H3,(H,12,13). The fourth-order valence-corrected chi connectivity index (χ4v) is 1.81. The quantitative estimate of drug-likeness (QED) is 0.650. The van der Waals surface area contributed by atoms with E-state index in [1.807, 2.05) is 0 Å². The van der Waals surface area contributed by atoms with Gasteiger partial charge in [-0.15, -0.1) is 0 Å². The van der Waals surface area contributed by atoms with Crippen molar-refractivity contribution < 1.29 is 9.90 Å². The Kier molecular flexibility index (Phi) is 2.96. The van der Waals surface area contributed by atoms with Crippen molar-refractivity contribution in [3.05, 3.63) is 0 Å². The summed E-state index contributed by atoms with van der Waals surface area (Å²) in [6.07, 6.45) is 1.78. The zero-order chi connectivity index (χ0) is 10.1. The van der Waals surface area contributed by atoms with Gasteiger partial charge in [0.1, 0.15) is 6.04 Å². The minimum absolute atomic E-state index is 0.288. The van der Waals surface area contributed by atoms with Crippen LogP contribution in [0.2, 0.25) is 0 Å². The Labute approximate surface area is 79.5 Å². The summed E-state index contributed by atoms with van der Waals surface area (Å²) < 4.78 is 0. The Morgan fingerprint density at radius 3 is 2.31 bits per heavy atom. The molecule has 2 N–H and O–H groups in total. The van der Waals surface area contributed by atoms with E-state index < -0.39 is 5.97 Å². The molecule has 1 fully saturated rings. The molecule has 1 rings (SSSR count). The summed E-state index contributed by atoms with van der Waals surface area (Å²) in [6.45, 7) is 7.46. The predicted molar refractivity (Wildman–Crippen MR) is 51.6 cm³/mol. The smallest absolute Gasteiger partial charge is 0.320 e. The molecule has 0 amide bonds. The molecule has 0 aromatic heterocycles. The molecule has 0 saturated carbocycles. The predicted octanol–water partition coefficient (Wildman–Crippen LogP) is 1.49. The van der Waals surface area contributed by atoms with Crippen LogP contribution in [0.4, 0.5) is 0 Å². The number of aliphatic carboxylic acids is 1. The van der Waals surface area contributed by atoms with Gasteiger partial charge in [0.05, 0.1) is 0 Å². The molecule has 0 spiro atoms. The molecule has 76 valence electrons. The first-order chi connectivity index (χ1) is 5.91. The van der Waals surface area contributed by atoms with Crippen LogP contribution < -0.4 is 5.32 Å². The maximum atomic E-state index is 10.6. The number of piperidine rings is 1. The summed E-state index contributed by atoms with van der Waals surface area (Å²) in [5.41, 5.74) is 0.288. The largest absolute Gasteiger partial charge is 0.480 e. The van der Waals surface area contributed by atoms with E-state index in [-0.39, 0.29) is 11.5 Å². The van der Waals surface area contributed by atoms with Crippen LogP contribution in [-0.2, 0) is 4.79 Å². The third-order valence-corrected chi connectivity index (χ3v) is 2.94. The van der Waals surface area contributed by atoms with Crippen molar-refractivity contribution in [1.82, 2.24) is 5.32 Å². The Hall–Kier alpha value is -0.570. The Morgan fingerprint density at radius 2 is 2.00 bits per heavy atom. The van der Waals surface area contributed by atoms with Crippen molar-refractivity contribution >= 4 is 5.97 Å². The van der Waals surface area contributed by atoms with Gasteiger partial charge in [-0.2, -0.15) is 0 Å². The highest BCUT2D eigenvalue weighted by atomic mass is 16.4. The van der Waals surface area contributed by atoms with Gasteiger partial charge in [0.15, 0.2) is 0 Å². The molecule has 0 aromatic rings. The first-order valence-electron chi connectivity index (χ1n) is 4.87. The number of carbonyl (C=O) groups is 1. The highest BCUT2D eigenvalue weighted by molar-refractivity contribution is 5.73. The maximum Gasteiger partial charge on any atom is 0.320 e. The van der Waals surface area contributed by atoms with Gasteiger partial charge in [-0.25, -0.2) is 0 Å². The third kappa shape index (κ3) is 2.69. The first-order valence-corrected chi connectivity index (χ1v) is 4.87. The summed E-state index contributed by atoms with van der Waals surface area (Å²) in [7, 11) is 0. The van der Waals surface area contributed by atoms with Gasteiger partial charge in [0.25, 0.3) is 0 Å². The van der Waals surface area contributed by atoms with Crippen LogP contribution in [0.5, 0.6) is 0 Å². The molecule has 1 saturated heterocycles. The topological polar surface area (TPSA) is 49.3 Å². The molecule has 2 unspecified atom stereocenters. The maximum absolute atomic E-state index is 10.6. The average Bonchev–Trinajstić information content (AvgIpc) is 2.03. The fourth-order valence-electron chi connectivity index (χ4n) is 1.81. The molecule has 13 heavy (non-hydrogen) atoms. The van der Waals surface area contributed by atoms with Gasteiger partial charge in [0.2, 0.25) is 0 Å². The van der Waals surface area contributed by atoms with Crippen LogP contribution in [0.3, 0.4) is 0 Å². The third-order valence-electron chi connectivity index (χ3n) is 2.94. The second-order valence-corrected chi connectivity index (χ2v) is 4.94. The zero-order valence-corrected chi connectivity index (χ0v) is 8.63. The Balaban J connectivity index is 2.44. The molecule has 2 atom stereocenters. The molecule has 1 heterocycles. The van der Waals surface area contributed by atoms with Crippen molar-refractivity contribution in [2.24, 2.45) is 11.3 Å². The van der Waals surface area contributed by atoms with Crippen molar-refractivity contribution in [3.63, 3.8) is 0 Å². The van der Waals surface area contributed by atoms with Gasteiger partial charge in [0, 0.05) is 0 Å². The SMILES string of the molecule is CC(C)(C)C1CCC(C(=O)O)NC1. The highest BCUT2D eigenvalue weighted by Crippen LogP contribution is 2.31. The molecule has 3 nitrogen and oxygen atoms in total. The molecule has 0 radical (unpaired) electrons. The van der Waals surface area contributed by atoms with Crippen LogP contribution in [0.25, 0.3) is 0 Å². The molecule has 1 aliphatic rings. The fraction of sp³-hybridized carbons (Fsp3) is 0.900. The van der Waals surface area contributed by atoms with Crippen LogP contribution in [0, 0.1) is 11.3 Å².